The van der Waals surface area contributed by atoms with Gasteiger partial charge in [0.25, 0.3) is 0 Å². The topological polar surface area (TPSA) is 77.8 Å². The molecule has 3 heterocycles. The Balaban J connectivity index is 1.47. The molecule has 164 valence electrons. The van der Waals surface area contributed by atoms with E-state index in [1.165, 1.54) is 11.3 Å². The van der Waals surface area contributed by atoms with Gasteiger partial charge in [0, 0.05) is 34.6 Å². The molecule has 0 spiro atoms. The molecule has 0 fully saturated rings. The van der Waals surface area contributed by atoms with Crippen LogP contribution in [0.2, 0.25) is 0 Å². The van der Waals surface area contributed by atoms with Crippen LogP contribution in [0.25, 0.3) is 22.5 Å². The van der Waals surface area contributed by atoms with Crippen LogP contribution in [0.1, 0.15) is 11.3 Å². The van der Waals surface area contributed by atoms with Gasteiger partial charge in [-0.25, -0.2) is 15.0 Å². The van der Waals surface area contributed by atoms with E-state index >= 15 is 0 Å². The Morgan fingerprint density at radius 2 is 1.82 bits per heavy atom. The highest BCUT2D eigenvalue weighted by atomic mass is 32.1. The highest BCUT2D eigenvalue weighted by molar-refractivity contribution is 7.14. The minimum Gasteiger partial charge on any atom is -0.497 e. The van der Waals surface area contributed by atoms with E-state index in [0.29, 0.717) is 12.5 Å². The van der Waals surface area contributed by atoms with E-state index < -0.39 is 0 Å². The first-order valence-corrected chi connectivity index (χ1v) is 11.3. The van der Waals surface area contributed by atoms with Crippen LogP contribution in [0.3, 0.4) is 0 Å². The number of ether oxygens (including phenoxy) is 1. The average molecular weight is 455 g/mol. The van der Waals surface area contributed by atoms with Crippen LogP contribution in [0, 0.1) is 6.92 Å². The van der Waals surface area contributed by atoms with Crippen molar-refractivity contribution in [2.45, 2.75) is 13.5 Å². The molecule has 0 bridgehead atoms. The SMILES string of the molecule is COc1ccc(Cn2cc(-c3csc(Nc4nccc(C)n4)n3)c(-c3ccccc3)n2)cc1. The van der Waals surface area contributed by atoms with Crippen LogP contribution in [0.4, 0.5) is 11.1 Å². The predicted octanol–water partition coefficient (Wildman–Crippen LogP) is 5.57. The molecule has 0 aliphatic rings. The zero-order valence-corrected chi connectivity index (χ0v) is 19.1. The first-order chi connectivity index (χ1) is 16.2. The molecule has 0 unspecified atom stereocenters. The molecular weight excluding hydrogens is 432 g/mol. The summed E-state index contributed by atoms with van der Waals surface area (Å²) in [4.78, 5) is 13.5. The number of nitrogens with one attached hydrogen (secondary N) is 1. The molecule has 0 aliphatic heterocycles. The molecule has 0 radical (unpaired) electrons. The fourth-order valence-corrected chi connectivity index (χ4v) is 4.18. The van der Waals surface area contributed by atoms with Crippen LogP contribution in [-0.2, 0) is 6.54 Å². The molecule has 2 aromatic carbocycles. The number of hydrogen-bond acceptors (Lipinski definition) is 7. The maximum Gasteiger partial charge on any atom is 0.229 e. The summed E-state index contributed by atoms with van der Waals surface area (Å²) in [5.74, 6) is 1.37. The van der Waals surface area contributed by atoms with E-state index in [1.807, 2.05) is 53.4 Å². The summed E-state index contributed by atoms with van der Waals surface area (Å²) in [5.41, 5.74) is 5.81. The number of nitrogens with zero attached hydrogens (tertiary/aromatic N) is 5. The third-order valence-electron chi connectivity index (χ3n) is 5.11. The zero-order valence-electron chi connectivity index (χ0n) is 18.3. The van der Waals surface area contributed by atoms with Crippen molar-refractivity contribution < 1.29 is 4.74 Å². The molecule has 7 nitrogen and oxygen atoms in total. The summed E-state index contributed by atoms with van der Waals surface area (Å²) in [5, 5.41) is 10.9. The normalized spacial score (nSPS) is 10.8. The summed E-state index contributed by atoms with van der Waals surface area (Å²) in [7, 11) is 1.67. The lowest BCUT2D eigenvalue weighted by atomic mass is 10.1. The van der Waals surface area contributed by atoms with Crippen molar-refractivity contribution in [3.63, 3.8) is 0 Å². The smallest absolute Gasteiger partial charge is 0.229 e. The minimum absolute atomic E-state index is 0.536. The molecule has 5 aromatic rings. The number of aromatic nitrogens is 5. The van der Waals surface area contributed by atoms with E-state index in [0.717, 1.165) is 44.7 Å². The number of thiazole rings is 1. The van der Waals surface area contributed by atoms with Gasteiger partial charge in [0.15, 0.2) is 5.13 Å². The Morgan fingerprint density at radius 3 is 2.58 bits per heavy atom. The van der Waals surface area contributed by atoms with Crippen molar-refractivity contribution in [3.8, 4) is 28.3 Å². The zero-order chi connectivity index (χ0) is 22.6. The van der Waals surface area contributed by atoms with Crippen molar-refractivity contribution in [1.82, 2.24) is 24.7 Å². The van der Waals surface area contributed by atoms with Crippen LogP contribution >= 0.6 is 11.3 Å². The second-order valence-electron chi connectivity index (χ2n) is 7.49. The van der Waals surface area contributed by atoms with Gasteiger partial charge in [-0.15, -0.1) is 11.3 Å². The Morgan fingerprint density at radius 1 is 1.00 bits per heavy atom. The van der Waals surface area contributed by atoms with Crippen molar-refractivity contribution in [2.75, 3.05) is 12.4 Å². The van der Waals surface area contributed by atoms with Gasteiger partial charge in [-0.3, -0.25) is 4.68 Å². The van der Waals surface area contributed by atoms with Crippen LogP contribution in [0.15, 0.2) is 78.4 Å². The predicted molar refractivity (Wildman–Crippen MR) is 131 cm³/mol. The molecule has 3 aromatic heterocycles. The van der Waals surface area contributed by atoms with E-state index in [1.54, 1.807) is 13.3 Å². The summed E-state index contributed by atoms with van der Waals surface area (Å²) in [6.45, 7) is 2.58. The average Bonchev–Trinajstić information content (AvgIpc) is 3.47. The number of rotatable bonds is 7. The van der Waals surface area contributed by atoms with Crippen molar-refractivity contribution in [3.05, 3.63) is 89.7 Å². The van der Waals surface area contributed by atoms with Gasteiger partial charge in [0.05, 0.1) is 19.3 Å². The highest BCUT2D eigenvalue weighted by Crippen LogP contribution is 2.33. The maximum atomic E-state index is 5.27. The van der Waals surface area contributed by atoms with Gasteiger partial charge < -0.3 is 10.1 Å². The quantitative estimate of drug-likeness (QED) is 0.346. The molecule has 8 heteroatoms. The lowest BCUT2D eigenvalue weighted by Crippen LogP contribution is -2.00. The summed E-state index contributed by atoms with van der Waals surface area (Å²) < 4.78 is 7.22. The maximum absolute atomic E-state index is 5.27. The first kappa shape index (κ1) is 20.8. The van der Waals surface area contributed by atoms with Crippen LogP contribution < -0.4 is 10.1 Å². The van der Waals surface area contributed by atoms with Gasteiger partial charge in [0.2, 0.25) is 5.95 Å². The third-order valence-corrected chi connectivity index (χ3v) is 5.86. The number of methoxy groups -OCH3 is 1. The lowest BCUT2D eigenvalue weighted by Gasteiger charge is -2.04. The molecular formula is C25H22N6OS. The van der Waals surface area contributed by atoms with E-state index in [-0.39, 0.29) is 0 Å². The Bertz CT molecular complexity index is 1360. The van der Waals surface area contributed by atoms with Crippen molar-refractivity contribution in [2.24, 2.45) is 0 Å². The molecule has 1 N–H and O–H groups in total. The van der Waals surface area contributed by atoms with Gasteiger partial charge in [-0.05, 0) is 30.7 Å². The van der Waals surface area contributed by atoms with E-state index in [2.05, 4.69) is 45.7 Å². The van der Waals surface area contributed by atoms with Gasteiger partial charge in [0.1, 0.15) is 11.4 Å². The lowest BCUT2D eigenvalue weighted by molar-refractivity contribution is 0.414. The minimum atomic E-state index is 0.536. The summed E-state index contributed by atoms with van der Waals surface area (Å²) in [6, 6.07) is 20.1. The standard InChI is InChI=1S/C25H22N6OS/c1-17-12-13-26-24(27-17)29-25-28-22(16-33-25)21-15-31(14-18-8-10-20(32-2)11-9-18)30-23(21)19-6-4-3-5-7-19/h3-13,15-16H,14H2,1-2H3,(H,26,27,28,29). The second-order valence-corrected chi connectivity index (χ2v) is 8.35. The molecule has 5 rings (SSSR count). The number of benzene rings is 2. The Labute approximate surface area is 195 Å². The fourth-order valence-electron chi connectivity index (χ4n) is 3.48. The first-order valence-electron chi connectivity index (χ1n) is 10.5. The number of hydrogen-bond donors (Lipinski definition) is 1. The molecule has 33 heavy (non-hydrogen) atoms. The Hall–Kier alpha value is -4.04. The van der Waals surface area contributed by atoms with Gasteiger partial charge in [-0.2, -0.15) is 5.10 Å². The fraction of sp³-hybridized carbons (Fsp3) is 0.120. The number of anilines is 2. The highest BCUT2D eigenvalue weighted by Gasteiger charge is 2.16. The van der Waals surface area contributed by atoms with Crippen molar-refractivity contribution in [1.29, 1.82) is 0 Å². The number of aryl methyl sites for hydroxylation is 1. The molecule has 0 atom stereocenters. The van der Waals surface area contributed by atoms with E-state index in [4.69, 9.17) is 14.8 Å². The molecule has 0 amide bonds. The second kappa shape index (κ2) is 9.22. The summed E-state index contributed by atoms with van der Waals surface area (Å²) in [6.07, 6.45) is 3.78. The van der Waals surface area contributed by atoms with E-state index in [9.17, 15) is 0 Å². The van der Waals surface area contributed by atoms with Gasteiger partial charge >= 0.3 is 0 Å². The van der Waals surface area contributed by atoms with Gasteiger partial charge in [-0.1, -0.05) is 42.5 Å². The van der Waals surface area contributed by atoms with Crippen LogP contribution in [-0.4, -0.2) is 31.8 Å². The Kier molecular flexibility index (Phi) is 5.82. The monoisotopic (exact) mass is 454 g/mol. The third kappa shape index (κ3) is 4.75. The van der Waals surface area contributed by atoms with Crippen LogP contribution in [0.5, 0.6) is 5.75 Å². The molecule has 0 saturated carbocycles. The molecule has 0 aliphatic carbocycles. The molecule has 0 saturated heterocycles. The summed E-state index contributed by atoms with van der Waals surface area (Å²) >= 11 is 1.51. The largest absolute Gasteiger partial charge is 0.497 e. The van der Waals surface area contributed by atoms with Crippen molar-refractivity contribution >= 4 is 22.4 Å².